The molecule has 30 heavy (non-hydrogen) atoms. The van der Waals surface area contributed by atoms with Crippen LogP contribution in [0, 0.1) is 5.92 Å². The third kappa shape index (κ3) is 5.75. The Labute approximate surface area is 177 Å². The van der Waals surface area contributed by atoms with Crippen LogP contribution in [0.4, 0.5) is 0 Å². The van der Waals surface area contributed by atoms with Crippen LogP contribution in [0.25, 0.3) is 0 Å². The minimum atomic E-state index is -0.447. The first-order valence-corrected chi connectivity index (χ1v) is 10.3. The first-order chi connectivity index (χ1) is 14.6. The zero-order valence-corrected chi connectivity index (χ0v) is 17.5. The van der Waals surface area contributed by atoms with Crippen LogP contribution in [0.5, 0.6) is 11.5 Å². The summed E-state index contributed by atoms with van der Waals surface area (Å²) >= 11 is 0. The fourth-order valence-corrected chi connectivity index (χ4v) is 3.58. The molecule has 0 aliphatic heterocycles. The summed E-state index contributed by atoms with van der Waals surface area (Å²) in [5, 5.41) is 0. The number of hydrogen-bond acceptors (Lipinski definition) is 6. The Morgan fingerprint density at radius 2 is 1.70 bits per heavy atom. The van der Waals surface area contributed by atoms with Gasteiger partial charge in [-0.05, 0) is 50.3 Å². The lowest BCUT2D eigenvalue weighted by molar-refractivity contribution is -0.149. The predicted molar refractivity (Wildman–Crippen MR) is 112 cm³/mol. The lowest BCUT2D eigenvalue weighted by Gasteiger charge is -2.28. The van der Waals surface area contributed by atoms with E-state index in [9.17, 15) is 9.59 Å². The lowest BCUT2D eigenvalue weighted by Crippen LogP contribution is -2.29. The Bertz CT molecular complexity index is 840. The predicted octanol–water partition coefficient (Wildman–Crippen LogP) is 4.55. The van der Waals surface area contributed by atoms with E-state index in [0.29, 0.717) is 23.7 Å². The molecular formula is C24H28O6. The van der Waals surface area contributed by atoms with Gasteiger partial charge in [-0.2, -0.15) is 0 Å². The van der Waals surface area contributed by atoms with Gasteiger partial charge >= 0.3 is 11.9 Å². The van der Waals surface area contributed by atoms with Crippen molar-refractivity contribution in [3.05, 3.63) is 59.7 Å². The van der Waals surface area contributed by atoms with Crippen molar-refractivity contribution < 1.29 is 28.5 Å². The summed E-state index contributed by atoms with van der Waals surface area (Å²) < 4.78 is 22.0. The number of methoxy groups -OCH3 is 1. The molecule has 1 aliphatic rings. The first kappa shape index (κ1) is 21.7. The molecule has 0 amide bonds. The molecule has 0 N–H and O–H groups in total. The highest BCUT2D eigenvalue weighted by atomic mass is 16.5. The normalized spacial score (nSPS) is 18.3. The number of carbonyl (C=O) groups excluding carboxylic acids is 2. The van der Waals surface area contributed by atoms with E-state index < -0.39 is 5.97 Å². The average molecular weight is 412 g/mol. The van der Waals surface area contributed by atoms with Gasteiger partial charge in [-0.3, -0.25) is 4.79 Å². The standard InChI is InChI=1S/C24H28O6/c1-3-28-23(25)18-9-11-19(12-10-18)30-20-13-14-21(22(15-20)27-2)24(26)29-16-17-7-5-4-6-8-17/h4-8,13-15,18-19H,3,9-12,16H2,1-2H3/t18-,19+. The Balaban J connectivity index is 1.56. The second kappa shape index (κ2) is 10.7. The van der Waals surface area contributed by atoms with Crippen LogP contribution in [0.1, 0.15) is 48.5 Å². The van der Waals surface area contributed by atoms with E-state index in [-0.39, 0.29) is 24.6 Å². The molecule has 2 aromatic carbocycles. The molecule has 1 saturated carbocycles. The van der Waals surface area contributed by atoms with Gasteiger partial charge in [0.1, 0.15) is 23.7 Å². The summed E-state index contributed by atoms with van der Waals surface area (Å²) in [6.07, 6.45) is 3.10. The molecule has 6 nitrogen and oxygen atoms in total. The minimum Gasteiger partial charge on any atom is -0.496 e. The van der Waals surface area contributed by atoms with Crippen molar-refractivity contribution in [2.24, 2.45) is 5.92 Å². The highest BCUT2D eigenvalue weighted by molar-refractivity contribution is 5.92. The first-order valence-electron chi connectivity index (χ1n) is 10.3. The number of hydrogen-bond donors (Lipinski definition) is 0. The summed E-state index contributed by atoms with van der Waals surface area (Å²) in [7, 11) is 1.51. The molecule has 0 aromatic heterocycles. The molecule has 0 radical (unpaired) electrons. The van der Waals surface area contributed by atoms with Gasteiger partial charge < -0.3 is 18.9 Å². The zero-order valence-electron chi connectivity index (χ0n) is 17.5. The van der Waals surface area contributed by atoms with E-state index in [1.165, 1.54) is 7.11 Å². The van der Waals surface area contributed by atoms with Gasteiger partial charge in [0.25, 0.3) is 0 Å². The third-order valence-corrected chi connectivity index (χ3v) is 5.20. The minimum absolute atomic E-state index is 0.0243. The van der Waals surface area contributed by atoms with E-state index >= 15 is 0 Å². The van der Waals surface area contributed by atoms with Crippen molar-refractivity contribution in [1.82, 2.24) is 0 Å². The van der Waals surface area contributed by atoms with Gasteiger partial charge in [-0.1, -0.05) is 30.3 Å². The van der Waals surface area contributed by atoms with Gasteiger partial charge in [-0.25, -0.2) is 4.79 Å². The van der Waals surface area contributed by atoms with Gasteiger partial charge in [0.15, 0.2) is 0 Å². The Morgan fingerprint density at radius 3 is 2.37 bits per heavy atom. The summed E-state index contributed by atoms with van der Waals surface area (Å²) in [6.45, 7) is 2.43. The maximum Gasteiger partial charge on any atom is 0.342 e. The molecule has 0 unspecified atom stereocenters. The van der Waals surface area contributed by atoms with E-state index in [1.807, 2.05) is 37.3 Å². The molecule has 6 heteroatoms. The Morgan fingerprint density at radius 1 is 0.967 bits per heavy atom. The third-order valence-electron chi connectivity index (χ3n) is 5.20. The van der Waals surface area contributed by atoms with Crippen molar-refractivity contribution in [3.63, 3.8) is 0 Å². The molecule has 0 bridgehead atoms. The summed E-state index contributed by atoms with van der Waals surface area (Å²) in [6, 6.07) is 14.6. The van der Waals surface area contributed by atoms with Crippen LogP contribution in [0.15, 0.2) is 48.5 Å². The molecule has 3 rings (SSSR count). The second-order valence-corrected chi connectivity index (χ2v) is 7.27. The fourth-order valence-electron chi connectivity index (χ4n) is 3.58. The van der Waals surface area contributed by atoms with Gasteiger partial charge in [0.2, 0.25) is 0 Å². The average Bonchev–Trinajstić information content (AvgIpc) is 2.78. The molecule has 0 spiro atoms. The fraction of sp³-hybridized carbons (Fsp3) is 0.417. The largest absolute Gasteiger partial charge is 0.496 e. The zero-order chi connectivity index (χ0) is 21.3. The number of benzene rings is 2. The van der Waals surface area contributed by atoms with Crippen LogP contribution >= 0.6 is 0 Å². The Hall–Kier alpha value is -3.02. The van der Waals surface area contributed by atoms with Crippen LogP contribution < -0.4 is 9.47 Å². The number of esters is 2. The van der Waals surface area contributed by atoms with Crippen molar-refractivity contribution in [2.75, 3.05) is 13.7 Å². The van der Waals surface area contributed by atoms with Crippen LogP contribution in [0.2, 0.25) is 0 Å². The summed E-state index contributed by atoms with van der Waals surface area (Å²) in [5.41, 5.74) is 1.27. The van der Waals surface area contributed by atoms with Crippen molar-refractivity contribution >= 4 is 11.9 Å². The lowest BCUT2D eigenvalue weighted by atomic mass is 9.87. The number of rotatable bonds is 8. The van der Waals surface area contributed by atoms with Crippen molar-refractivity contribution in [3.8, 4) is 11.5 Å². The maximum absolute atomic E-state index is 12.5. The molecule has 0 atom stereocenters. The van der Waals surface area contributed by atoms with Gasteiger partial charge in [-0.15, -0.1) is 0 Å². The van der Waals surface area contributed by atoms with Crippen LogP contribution in [-0.4, -0.2) is 31.8 Å². The highest BCUT2D eigenvalue weighted by Crippen LogP contribution is 2.31. The van der Waals surface area contributed by atoms with Gasteiger partial charge in [0.05, 0.1) is 25.7 Å². The molecule has 0 heterocycles. The van der Waals surface area contributed by atoms with E-state index in [1.54, 1.807) is 18.2 Å². The van der Waals surface area contributed by atoms with Crippen molar-refractivity contribution in [2.45, 2.75) is 45.3 Å². The monoisotopic (exact) mass is 412 g/mol. The molecular weight excluding hydrogens is 384 g/mol. The summed E-state index contributed by atoms with van der Waals surface area (Å²) in [5.74, 6) is 0.436. The van der Waals surface area contributed by atoms with Crippen LogP contribution in [-0.2, 0) is 20.9 Å². The molecule has 1 fully saturated rings. The molecule has 1 aliphatic carbocycles. The van der Waals surface area contributed by atoms with E-state index in [0.717, 1.165) is 31.2 Å². The van der Waals surface area contributed by atoms with Gasteiger partial charge in [0, 0.05) is 6.07 Å². The summed E-state index contributed by atoms with van der Waals surface area (Å²) in [4.78, 5) is 24.3. The number of carbonyl (C=O) groups is 2. The second-order valence-electron chi connectivity index (χ2n) is 7.27. The quantitative estimate of drug-likeness (QED) is 0.592. The van der Waals surface area contributed by atoms with E-state index in [4.69, 9.17) is 18.9 Å². The topological polar surface area (TPSA) is 71.1 Å². The number of ether oxygens (including phenoxy) is 4. The van der Waals surface area contributed by atoms with E-state index in [2.05, 4.69) is 0 Å². The SMILES string of the molecule is CCOC(=O)[C@H]1CC[C@@H](Oc2ccc(C(=O)OCc3ccccc3)c(OC)c2)CC1. The van der Waals surface area contributed by atoms with Crippen LogP contribution in [0.3, 0.4) is 0 Å². The molecule has 2 aromatic rings. The molecule has 0 saturated heterocycles. The Kier molecular flexibility index (Phi) is 7.71. The van der Waals surface area contributed by atoms with Crippen molar-refractivity contribution in [1.29, 1.82) is 0 Å². The smallest absolute Gasteiger partial charge is 0.342 e. The molecule has 160 valence electrons. The highest BCUT2D eigenvalue weighted by Gasteiger charge is 2.28. The maximum atomic E-state index is 12.5.